The largest absolute Gasteiger partial charge is 0.495 e. The van der Waals surface area contributed by atoms with Crippen LogP contribution in [0.3, 0.4) is 0 Å². The molecule has 23 heavy (non-hydrogen) atoms. The lowest BCUT2D eigenvalue weighted by atomic mass is 10.0. The van der Waals surface area contributed by atoms with Crippen LogP contribution < -0.4 is 10.1 Å². The molecule has 0 aromatic heterocycles. The summed E-state index contributed by atoms with van der Waals surface area (Å²) in [5.74, 6) is -0.0286. The quantitative estimate of drug-likeness (QED) is 0.918. The molecule has 1 fully saturated rings. The standard InChI is InChI=1S/C19H20FNO2/c1-19(2)16(12-7-5-4-6-8-12)17(19)18(22)21-14-11-13(20)9-10-15(14)23-3/h4-11,16-17H,1-3H3,(H,21,22). The highest BCUT2D eigenvalue weighted by Gasteiger charge is 2.62. The Bertz CT molecular complexity index is 727. The lowest BCUT2D eigenvalue weighted by Crippen LogP contribution is -2.17. The van der Waals surface area contributed by atoms with Gasteiger partial charge in [-0.1, -0.05) is 44.2 Å². The van der Waals surface area contributed by atoms with Crippen LogP contribution in [0, 0.1) is 17.2 Å². The lowest BCUT2D eigenvalue weighted by molar-refractivity contribution is -0.118. The Kier molecular flexibility index (Phi) is 3.84. The first-order valence-electron chi connectivity index (χ1n) is 7.64. The number of hydrogen-bond acceptors (Lipinski definition) is 2. The van der Waals surface area contributed by atoms with Crippen molar-refractivity contribution in [2.24, 2.45) is 11.3 Å². The van der Waals surface area contributed by atoms with Crippen molar-refractivity contribution >= 4 is 11.6 Å². The minimum Gasteiger partial charge on any atom is -0.495 e. The number of halogens is 1. The predicted molar refractivity (Wildman–Crippen MR) is 88.0 cm³/mol. The molecule has 2 atom stereocenters. The second-order valence-corrected chi connectivity index (χ2v) is 6.52. The Morgan fingerprint density at radius 3 is 2.52 bits per heavy atom. The number of rotatable bonds is 4. The zero-order chi connectivity index (χ0) is 16.6. The van der Waals surface area contributed by atoms with Gasteiger partial charge < -0.3 is 10.1 Å². The topological polar surface area (TPSA) is 38.3 Å². The first-order valence-corrected chi connectivity index (χ1v) is 7.64. The van der Waals surface area contributed by atoms with E-state index >= 15 is 0 Å². The molecule has 0 saturated heterocycles. The van der Waals surface area contributed by atoms with Crippen molar-refractivity contribution in [2.75, 3.05) is 12.4 Å². The third-order valence-electron chi connectivity index (χ3n) is 4.69. The highest BCUT2D eigenvalue weighted by atomic mass is 19.1. The maximum Gasteiger partial charge on any atom is 0.228 e. The Labute approximate surface area is 135 Å². The Balaban J connectivity index is 1.81. The molecule has 0 aliphatic heterocycles. The number of carbonyl (C=O) groups excluding carboxylic acids is 1. The van der Waals surface area contributed by atoms with Gasteiger partial charge in [0.25, 0.3) is 0 Å². The number of anilines is 1. The van der Waals surface area contributed by atoms with Gasteiger partial charge in [-0.3, -0.25) is 4.79 Å². The minimum atomic E-state index is -0.407. The first kappa shape index (κ1) is 15.5. The monoisotopic (exact) mass is 313 g/mol. The predicted octanol–water partition coefficient (Wildman–Crippen LogP) is 4.21. The molecule has 1 N–H and O–H groups in total. The summed E-state index contributed by atoms with van der Waals surface area (Å²) in [6.45, 7) is 4.16. The van der Waals surface area contributed by atoms with Crippen LogP contribution in [-0.2, 0) is 4.79 Å². The minimum absolute atomic E-state index is 0.104. The summed E-state index contributed by atoms with van der Waals surface area (Å²) in [5.41, 5.74) is 1.40. The normalized spacial score (nSPS) is 21.6. The molecule has 1 aliphatic carbocycles. The lowest BCUT2D eigenvalue weighted by Gasteiger charge is -2.10. The van der Waals surface area contributed by atoms with Gasteiger partial charge in [0.1, 0.15) is 11.6 Å². The van der Waals surface area contributed by atoms with Gasteiger partial charge in [0.2, 0.25) is 5.91 Å². The van der Waals surface area contributed by atoms with Crippen LogP contribution >= 0.6 is 0 Å². The number of benzene rings is 2. The molecule has 0 bridgehead atoms. The van der Waals surface area contributed by atoms with Crippen molar-refractivity contribution in [1.29, 1.82) is 0 Å². The van der Waals surface area contributed by atoms with E-state index in [4.69, 9.17) is 4.74 Å². The van der Waals surface area contributed by atoms with Gasteiger partial charge in [-0.2, -0.15) is 0 Å². The van der Waals surface area contributed by atoms with Gasteiger partial charge in [0, 0.05) is 12.0 Å². The molecule has 0 spiro atoms. The van der Waals surface area contributed by atoms with Gasteiger partial charge in [-0.25, -0.2) is 4.39 Å². The van der Waals surface area contributed by atoms with Gasteiger partial charge in [0.15, 0.2) is 0 Å². The molecular weight excluding hydrogens is 293 g/mol. The van der Waals surface area contributed by atoms with E-state index in [1.54, 1.807) is 0 Å². The van der Waals surface area contributed by atoms with Gasteiger partial charge in [0.05, 0.1) is 18.7 Å². The summed E-state index contributed by atoms with van der Waals surface area (Å²) in [6.07, 6.45) is 0. The molecule has 0 heterocycles. The van der Waals surface area contributed by atoms with Crippen LogP contribution in [0.15, 0.2) is 48.5 Å². The van der Waals surface area contributed by atoms with E-state index in [1.807, 2.05) is 30.3 Å². The van der Waals surface area contributed by atoms with Crippen LogP contribution in [0.25, 0.3) is 0 Å². The Morgan fingerprint density at radius 2 is 1.87 bits per heavy atom. The van der Waals surface area contributed by atoms with Crippen molar-refractivity contribution in [2.45, 2.75) is 19.8 Å². The number of amides is 1. The molecule has 120 valence electrons. The molecule has 0 radical (unpaired) electrons. The van der Waals surface area contributed by atoms with Crippen LogP contribution in [0.4, 0.5) is 10.1 Å². The van der Waals surface area contributed by atoms with Crippen molar-refractivity contribution in [3.63, 3.8) is 0 Å². The molecule has 1 saturated carbocycles. The first-order chi connectivity index (χ1) is 10.9. The summed E-state index contributed by atoms with van der Waals surface area (Å²) in [7, 11) is 1.50. The fourth-order valence-corrected chi connectivity index (χ4v) is 3.40. The fourth-order valence-electron chi connectivity index (χ4n) is 3.40. The fraction of sp³-hybridized carbons (Fsp3) is 0.316. The molecular formula is C19H20FNO2. The van der Waals surface area contributed by atoms with E-state index in [9.17, 15) is 9.18 Å². The average molecular weight is 313 g/mol. The highest BCUT2D eigenvalue weighted by molar-refractivity contribution is 5.97. The highest BCUT2D eigenvalue weighted by Crippen LogP contribution is 2.64. The summed E-state index contributed by atoms with van der Waals surface area (Å²) >= 11 is 0. The van der Waals surface area contributed by atoms with Crippen LogP contribution in [-0.4, -0.2) is 13.0 Å². The molecule has 1 amide bonds. The van der Waals surface area contributed by atoms with Gasteiger partial charge in [-0.15, -0.1) is 0 Å². The zero-order valence-electron chi connectivity index (χ0n) is 13.5. The summed E-state index contributed by atoms with van der Waals surface area (Å²) in [4.78, 5) is 12.7. The third-order valence-corrected chi connectivity index (χ3v) is 4.69. The van der Waals surface area contributed by atoms with E-state index in [0.717, 1.165) is 5.56 Å². The van der Waals surface area contributed by atoms with Crippen molar-refractivity contribution in [3.05, 3.63) is 59.9 Å². The molecule has 2 aromatic rings. The second kappa shape index (κ2) is 5.69. The third kappa shape index (κ3) is 2.81. The Morgan fingerprint density at radius 1 is 1.17 bits per heavy atom. The van der Waals surface area contributed by atoms with Gasteiger partial charge >= 0.3 is 0 Å². The molecule has 3 nitrogen and oxygen atoms in total. The molecule has 2 aromatic carbocycles. The maximum atomic E-state index is 13.4. The van der Waals surface area contributed by atoms with Crippen LogP contribution in [0.2, 0.25) is 0 Å². The SMILES string of the molecule is COc1ccc(F)cc1NC(=O)C1C(c2ccccc2)C1(C)C. The van der Waals surface area contributed by atoms with E-state index in [2.05, 4.69) is 19.2 Å². The number of nitrogens with one attached hydrogen (secondary N) is 1. The van der Waals surface area contributed by atoms with Crippen LogP contribution in [0.1, 0.15) is 25.3 Å². The summed E-state index contributed by atoms with van der Waals surface area (Å²) < 4.78 is 18.6. The van der Waals surface area contributed by atoms with E-state index in [-0.39, 0.29) is 23.2 Å². The van der Waals surface area contributed by atoms with E-state index < -0.39 is 5.82 Å². The summed E-state index contributed by atoms with van der Waals surface area (Å²) in [5, 5.41) is 2.82. The smallest absolute Gasteiger partial charge is 0.228 e. The van der Waals surface area contributed by atoms with E-state index in [1.165, 1.54) is 25.3 Å². The zero-order valence-corrected chi connectivity index (χ0v) is 13.5. The Hall–Kier alpha value is -2.36. The average Bonchev–Trinajstić information content (AvgIpc) is 3.11. The molecule has 3 rings (SSSR count). The maximum absolute atomic E-state index is 13.4. The van der Waals surface area contributed by atoms with Crippen molar-refractivity contribution in [3.8, 4) is 5.75 Å². The van der Waals surface area contributed by atoms with E-state index in [0.29, 0.717) is 11.4 Å². The molecule has 2 unspecified atom stereocenters. The molecule has 1 aliphatic rings. The van der Waals surface area contributed by atoms with Crippen LogP contribution in [0.5, 0.6) is 5.75 Å². The second-order valence-electron chi connectivity index (χ2n) is 6.52. The van der Waals surface area contributed by atoms with Crippen molar-refractivity contribution in [1.82, 2.24) is 0 Å². The van der Waals surface area contributed by atoms with Gasteiger partial charge in [-0.05, 0) is 23.1 Å². The summed E-state index contributed by atoms with van der Waals surface area (Å²) in [6, 6.07) is 14.1. The molecule has 4 heteroatoms. The number of hydrogen-bond donors (Lipinski definition) is 1. The number of ether oxygens (including phenoxy) is 1. The van der Waals surface area contributed by atoms with Crippen molar-refractivity contribution < 1.29 is 13.9 Å². The number of methoxy groups -OCH3 is 1. The number of carbonyl (C=O) groups is 1.